The summed E-state index contributed by atoms with van der Waals surface area (Å²) in [5, 5.41) is 9.65. The Hall–Kier alpha value is -0.440. The van der Waals surface area contributed by atoms with Gasteiger partial charge in [0.25, 0.3) is 0 Å². The summed E-state index contributed by atoms with van der Waals surface area (Å²) in [5.74, 6) is -0.748. The van der Waals surface area contributed by atoms with Crippen molar-refractivity contribution in [3.63, 3.8) is 0 Å². The Labute approximate surface area is 53.5 Å². The van der Waals surface area contributed by atoms with Gasteiger partial charge >= 0.3 is 5.97 Å². The molecule has 0 aromatic carbocycles. The number of thiocarbonyl (C=S) groups is 1. The SMILES string of the molecule is O=C(O)CCCC=S. The van der Waals surface area contributed by atoms with Gasteiger partial charge in [0.05, 0.1) is 0 Å². The van der Waals surface area contributed by atoms with Crippen LogP contribution >= 0.6 is 12.2 Å². The molecule has 1 N–H and O–H groups in total. The van der Waals surface area contributed by atoms with Crippen LogP contribution in [0.1, 0.15) is 19.3 Å². The molecule has 0 rings (SSSR count). The van der Waals surface area contributed by atoms with Crippen molar-refractivity contribution in [2.45, 2.75) is 19.3 Å². The summed E-state index contributed by atoms with van der Waals surface area (Å²) in [7, 11) is 0. The number of hydrogen-bond donors (Lipinski definition) is 1. The van der Waals surface area contributed by atoms with Crippen molar-refractivity contribution in [2.75, 3.05) is 0 Å². The average molecular weight is 132 g/mol. The van der Waals surface area contributed by atoms with E-state index in [-0.39, 0.29) is 6.42 Å². The molecule has 0 aliphatic carbocycles. The zero-order valence-electron chi connectivity index (χ0n) is 4.46. The van der Waals surface area contributed by atoms with Gasteiger partial charge in [-0.3, -0.25) is 4.79 Å². The van der Waals surface area contributed by atoms with Crippen molar-refractivity contribution in [2.24, 2.45) is 0 Å². The lowest BCUT2D eigenvalue weighted by Gasteiger charge is -1.86. The fraction of sp³-hybridized carbons (Fsp3) is 0.600. The Balaban J connectivity index is 2.93. The Morgan fingerprint density at radius 3 is 2.75 bits per heavy atom. The normalized spacial score (nSPS) is 8.50. The molecule has 3 heteroatoms. The second kappa shape index (κ2) is 4.71. The molecule has 0 saturated heterocycles. The van der Waals surface area contributed by atoms with E-state index in [1.54, 1.807) is 5.37 Å². The molecule has 0 amide bonds. The second-order valence-corrected chi connectivity index (χ2v) is 1.79. The number of carboxylic acids is 1. The van der Waals surface area contributed by atoms with E-state index in [4.69, 9.17) is 5.11 Å². The Morgan fingerprint density at radius 1 is 1.75 bits per heavy atom. The van der Waals surface area contributed by atoms with E-state index in [2.05, 4.69) is 12.2 Å². The maximum Gasteiger partial charge on any atom is 0.303 e. The van der Waals surface area contributed by atoms with E-state index in [1.807, 2.05) is 0 Å². The minimum atomic E-state index is -0.748. The highest BCUT2D eigenvalue weighted by Gasteiger charge is 1.92. The zero-order chi connectivity index (χ0) is 6.41. The fourth-order valence-corrected chi connectivity index (χ4v) is 0.503. The Morgan fingerprint density at radius 2 is 2.38 bits per heavy atom. The Kier molecular flexibility index (Phi) is 4.45. The van der Waals surface area contributed by atoms with Gasteiger partial charge in [0, 0.05) is 6.42 Å². The first-order valence-electron chi connectivity index (χ1n) is 2.43. The first-order chi connectivity index (χ1) is 3.77. The first kappa shape index (κ1) is 7.56. The van der Waals surface area contributed by atoms with Crippen LogP contribution in [0.5, 0.6) is 0 Å². The molecule has 0 heterocycles. The van der Waals surface area contributed by atoms with Gasteiger partial charge < -0.3 is 5.11 Å². The van der Waals surface area contributed by atoms with Crippen LogP contribution < -0.4 is 0 Å². The molecule has 0 aromatic rings. The summed E-state index contributed by atoms with van der Waals surface area (Å²) in [5.41, 5.74) is 0. The summed E-state index contributed by atoms with van der Waals surface area (Å²) in [6.07, 6.45) is 1.62. The number of rotatable bonds is 4. The van der Waals surface area contributed by atoms with Crippen LogP contribution in [0.4, 0.5) is 0 Å². The molecule has 0 aliphatic heterocycles. The lowest BCUT2D eigenvalue weighted by atomic mass is 10.3. The summed E-state index contributed by atoms with van der Waals surface area (Å²) >= 11 is 4.49. The van der Waals surface area contributed by atoms with E-state index in [0.29, 0.717) is 6.42 Å². The molecule has 2 nitrogen and oxygen atoms in total. The van der Waals surface area contributed by atoms with Crippen molar-refractivity contribution in [1.29, 1.82) is 0 Å². The molecule has 0 atom stereocenters. The number of unbranched alkanes of at least 4 members (excludes halogenated alkanes) is 1. The van der Waals surface area contributed by atoms with Gasteiger partial charge in [-0.1, -0.05) is 12.2 Å². The molecule has 0 bridgehead atoms. The van der Waals surface area contributed by atoms with Gasteiger partial charge in [-0.05, 0) is 18.2 Å². The lowest BCUT2D eigenvalue weighted by molar-refractivity contribution is -0.137. The highest BCUT2D eigenvalue weighted by atomic mass is 32.1. The summed E-state index contributed by atoms with van der Waals surface area (Å²) in [6, 6.07) is 0. The number of hydrogen-bond acceptors (Lipinski definition) is 2. The van der Waals surface area contributed by atoms with Crippen molar-refractivity contribution in [3.05, 3.63) is 0 Å². The van der Waals surface area contributed by atoms with E-state index in [9.17, 15) is 4.79 Å². The van der Waals surface area contributed by atoms with Crippen molar-refractivity contribution >= 4 is 23.6 Å². The number of aliphatic carboxylic acids is 1. The smallest absolute Gasteiger partial charge is 0.303 e. The highest BCUT2D eigenvalue weighted by Crippen LogP contribution is 1.91. The number of carboxylic acid groups (broad SMARTS) is 1. The van der Waals surface area contributed by atoms with Gasteiger partial charge in [-0.15, -0.1) is 0 Å². The minimum Gasteiger partial charge on any atom is -0.481 e. The van der Waals surface area contributed by atoms with Crippen molar-refractivity contribution in [3.8, 4) is 0 Å². The summed E-state index contributed by atoms with van der Waals surface area (Å²) in [4.78, 5) is 9.83. The Bertz CT molecular complexity index is 90.4. The third-order valence-corrected chi connectivity index (χ3v) is 0.948. The average Bonchev–Trinajstić information content (AvgIpc) is 1.66. The molecule has 8 heavy (non-hydrogen) atoms. The van der Waals surface area contributed by atoms with Gasteiger partial charge in [0.1, 0.15) is 0 Å². The minimum absolute atomic E-state index is 0.229. The predicted molar refractivity (Wildman–Crippen MR) is 35.1 cm³/mol. The molecule has 0 aliphatic rings. The zero-order valence-corrected chi connectivity index (χ0v) is 5.28. The third-order valence-electron chi connectivity index (χ3n) is 0.713. The molecule has 0 saturated carbocycles. The largest absolute Gasteiger partial charge is 0.481 e. The summed E-state index contributed by atoms with van der Waals surface area (Å²) < 4.78 is 0. The third kappa shape index (κ3) is 5.56. The standard InChI is InChI=1S/C5H8O2S/c6-5(7)3-1-2-4-8/h4H,1-3H2,(H,6,7). The van der Waals surface area contributed by atoms with Crippen LogP contribution in [0.25, 0.3) is 0 Å². The van der Waals surface area contributed by atoms with Crippen LogP contribution in [-0.2, 0) is 4.79 Å². The van der Waals surface area contributed by atoms with Crippen molar-refractivity contribution < 1.29 is 9.90 Å². The second-order valence-electron chi connectivity index (χ2n) is 1.45. The monoisotopic (exact) mass is 132 g/mol. The maximum atomic E-state index is 9.83. The fourth-order valence-electron chi connectivity index (χ4n) is 0.337. The van der Waals surface area contributed by atoms with Crippen LogP contribution in [0.15, 0.2) is 0 Å². The van der Waals surface area contributed by atoms with Gasteiger partial charge in [0.15, 0.2) is 0 Å². The van der Waals surface area contributed by atoms with E-state index in [1.165, 1.54) is 0 Å². The van der Waals surface area contributed by atoms with Gasteiger partial charge in [-0.2, -0.15) is 0 Å². The van der Waals surface area contributed by atoms with Crippen LogP contribution in [0.3, 0.4) is 0 Å². The van der Waals surface area contributed by atoms with Gasteiger partial charge in [0.2, 0.25) is 0 Å². The first-order valence-corrected chi connectivity index (χ1v) is 2.90. The molecular weight excluding hydrogens is 124 g/mol. The van der Waals surface area contributed by atoms with E-state index >= 15 is 0 Å². The topological polar surface area (TPSA) is 37.3 Å². The molecule has 0 aromatic heterocycles. The van der Waals surface area contributed by atoms with Gasteiger partial charge in [-0.25, -0.2) is 0 Å². The van der Waals surface area contributed by atoms with E-state index < -0.39 is 5.97 Å². The quantitative estimate of drug-likeness (QED) is 0.462. The molecule has 0 spiro atoms. The molecule has 0 fully saturated rings. The lowest BCUT2D eigenvalue weighted by Crippen LogP contribution is -1.92. The van der Waals surface area contributed by atoms with Crippen LogP contribution in [0, 0.1) is 0 Å². The van der Waals surface area contributed by atoms with Crippen molar-refractivity contribution in [1.82, 2.24) is 0 Å². The molecule has 0 unspecified atom stereocenters. The molecule has 0 radical (unpaired) electrons. The summed E-state index contributed by atoms with van der Waals surface area (Å²) in [6.45, 7) is 0. The highest BCUT2D eigenvalue weighted by molar-refractivity contribution is 7.78. The molecular formula is C5H8O2S. The van der Waals surface area contributed by atoms with E-state index in [0.717, 1.165) is 6.42 Å². The van der Waals surface area contributed by atoms with Crippen LogP contribution in [-0.4, -0.2) is 16.4 Å². The molecule has 46 valence electrons. The maximum absolute atomic E-state index is 9.83. The predicted octanol–water partition coefficient (Wildman–Crippen LogP) is 1.24. The number of carbonyl (C=O) groups is 1. The van der Waals surface area contributed by atoms with Crippen LogP contribution in [0.2, 0.25) is 0 Å².